The lowest BCUT2D eigenvalue weighted by atomic mass is 10.1. The summed E-state index contributed by atoms with van der Waals surface area (Å²) in [5, 5.41) is 6.90. The molecule has 0 amide bonds. The Morgan fingerprint density at radius 3 is 2.47 bits per heavy atom. The van der Waals surface area contributed by atoms with Crippen LogP contribution in [-0.4, -0.2) is 22.6 Å². The third-order valence-corrected chi connectivity index (χ3v) is 3.22. The van der Waals surface area contributed by atoms with Crippen molar-refractivity contribution < 1.29 is 0 Å². The van der Waals surface area contributed by atoms with Crippen LogP contribution in [0.1, 0.15) is 58.9 Å². The van der Waals surface area contributed by atoms with E-state index in [1.54, 1.807) is 6.33 Å². The van der Waals surface area contributed by atoms with E-state index in [2.05, 4.69) is 48.3 Å². The maximum absolute atomic E-state index is 4.40. The topological polar surface area (TPSA) is 49.8 Å². The highest BCUT2D eigenvalue weighted by Gasteiger charge is 2.11. The van der Waals surface area contributed by atoms with Gasteiger partial charge in [0.2, 0.25) is 0 Å². The first-order valence-electron chi connectivity index (χ1n) is 7.57. The molecule has 1 atom stereocenters. The molecule has 0 aromatic carbocycles. The van der Waals surface area contributed by atoms with Crippen LogP contribution in [0.5, 0.6) is 0 Å². The fourth-order valence-corrected chi connectivity index (χ4v) is 2.08. The van der Waals surface area contributed by atoms with E-state index in [9.17, 15) is 0 Å². The number of nitrogens with zero attached hydrogens (tertiary/aromatic N) is 2. The van der Waals surface area contributed by atoms with Gasteiger partial charge in [0.05, 0.1) is 0 Å². The zero-order valence-corrected chi connectivity index (χ0v) is 12.8. The van der Waals surface area contributed by atoms with Gasteiger partial charge in [-0.05, 0) is 26.2 Å². The molecule has 0 saturated carbocycles. The summed E-state index contributed by atoms with van der Waals surface area (Å²) in [6, 6.07) is 0.458. The average molecular weight is 264 g/mol. The molecule has 0 fully saturated rings. The van der Waals surface area contributed by atoms with E-state index < -0.39 is 0 Å². The van der Waals surface area contributed by atoms with E-state index in [0.717, 1.165) is 31.0 Å². The van der Waals surface area contributed by atoms with Crippen LogP contribution in [0, 0.1) is 0 Å². The second-order valence-electron chi connectivity index (χ2n) is 5.02. The Labute approximate surface area is 117 Å². The molecule has 0 radical (unpaired) electrons. The normalized spacial score (nSPS) is 12.2. The summed E-state index contributed by atoms with van der Waals surface area (Å²) in [5.74, 6) is 1.96. The van der Waals surface area contributed by atoms with Crippen LogP contribution < -0.4 is 10.6 Å². The Kier molecular flexibility index (Phi) is 7.23. The van der Waals surface area contributed by atoms with Crippen molar-refractivity contribution in [2.75, 3.05) is 17.2 Å². The highest BCUT2D eigenvalue weighted by atomic mass is 15.1. The summed E-state index contributed by atoms with van der Waals surface area (Å²) in [7, 11) is 0. The molecule has 0 aliphatic heterocycles. The highest BCUT2D eigenvalue weighted by Crippen LogP contribution is 2.21. The standard InChI is InChI=1S/C15H28N4/c1-5-8-9-12(4)19-15-13(7-3)14(16-10-6-2)17-11-18-15/h11-12H,5-10H2,1-4H3,(H2,16,17,18,19). The Bertz CT molecular complexity index is 365. The first-order valence-corrected chi connectivity index (χ1v) is 7.57. The minimum absolute atomic E-state index is 0.458. The molecule has 4 nitrogen and oxygen atoms in total. The van der Waals surface area contributed by atoms with E-state index in [4.69, 9.17) is 0 Å². The number of anilines is 2. The Balaban J connectivity index is 2.76. The molecule has 0 saturated heterocycles. The number of rotatable bonds is 9. The van der Waals surface area contributed by atoms with Crippen molar-refractivity contribution >= 4 is 11.6 Å². The SMILES string of the molecule is CCCCC(C)Nc1ncnc(NCCC)c1CC. The molecule has 0 aliphatic carbocycles. The zero-order chi connectivity index (χ0) is 14.1. The molecule has 1 aromatic heterocycles. The lowest BCUT2D eigenvalue weighted by Crippen LogP contribution is -2.18. The quantitative estimate of drug-likeness (QED) is 0.711. The third-order valence-electron chi connectivity index (χ3n) is 3.22. The van der Waals surface area contributed by atoms with Gasteiger partial charge in [-0.1, -0.05) is 33.6 Å². The molecule has 1 aromatic rings. The number of unbranched alkanes of at least 4 members (excludes halogenated alkanes) is 1. The molecule has 1 rings (SSSR count). The predicted molar refractivity (Wildman–Crippen MR) is 82.8 cm³/mol. The first-order chi connectivity index (χ1) is 9.22. The number of nitrogens with one attached hydrogen (secondary N) is 2. The summed E-state index contributed by atoms with van der Waals surface area (Å²) < 4.78 is 0. The van der Waals surface area contributed by atoms with Gasteiger partial charge < -0.3 is 10.6 Å². The van der Waals surface area contributed by atoms with Crippen LogP contribution in [0.3, 0.4) is 0 Å². The highest BCUT2D eigenvalue weighted by molar-refractivity contribution is 5.57. The van der Waals surface area contributed by atoms with Gasteiger partial charge in [0, 0.05) is 18.2 Å². The Morgan fingerprint density at radius 1 is 1.11 bits per heavy atom. The smallest absolute Gasteiger partial charge is 0.134 e. The molecule has 19 heavy (non-hydrogen) atoms. The molecule has 108 valence electrons. The van der Waals surface area contributed by atoms with Crippen LogP contribution >= 0.6 is 0 Å². The third kappa shape index (κ3) is 5.05. The lowest BCUT2D eigenvalue weighted by Gasteiger charge is -2.18. The van der Waals surface area contributed by atoms with E-state index >= 15 is 0 Å². The van der Waals surface area contributed by atoms with E-state index in [-0.39, 0.29) is 0 Å². The molecule has 4 heteroatoms. The molecule has 0 bridgehead atoms. The summed E-state index contributed by atoms with van der Waals surface area (Å²) in [6.45, 7) is 9.70. The molecular formula is C15H28N4. The van der Waals surface area contributed by atoms with Crippen molar-refractivity contribution in [1.82, 2.24) is 9.97 Å². The van der Waals surface area contributed by atoms with Crippen molar-refractivity contribution in [1.29, 1.82) is 0 Å². The van der Waals surface area contributed by atoms with Crippen molar-refractivity contribution in [3.63, 3.8) is 0 Å². The van der Waals surface area contributed by atoms with E-state index in [0.29, 0.717) is 6.04 Å². The van der Waals surface area contributed by atoms with Crippen LogP contribution in [0.25, 0.3) is 0 Å². The molecular weight excluding hydrogens is 236 g/mol. The monoisotopic (exact) mass is 264 g/mol. The maximum Gasteiger partial charge on any atom is 0.134 e. The van der Waals surface area contributed by atoms with Crippen LogP contribution in [0.4, 0.5) is 11.6 Å². The Morgan fingerprint density at radius 2 is 1.84 bits per heavy atom. The Hall–Kier alpha value is -1.32. The minimum Gasteiger partial charge on any atom is -0.370 e. The largest absolute Gasteiger partial charge is 0.370 e. The second kappa shape index (κ2) is 8.73. The van der Waals surface area contributed by atoms with Crippen molar-refractivity contribution in [3.05, 3.63) is 11.9 Å². The van der Waals surface area contributed by atoms with Gasteiger partial charge in [0.15, 0.2) is 0 Å². The first kappa shape index (κ1) is 15.7. The average Bonchev–Trinajstić information content (AvgIpc) is 2.43. The summed E-state index contributed by atoms with van der Waals surface area (Å²) in [6.07, 6.45) is 7.35. The second-order valence-corrected chi connectivity index (χ2v) is 5.02. The van der Waals surface area contributed by atoms with Gasteiger partial charge >= 0.3 is 0 Å². The van der Waals surface area contributed by atoms with Crippen LogP contribution in [0.2, 0.25) is 0 Å². The van der Waals surface area contributed by atoms with Gasteiger partial charge in [-0.2, -0.15) is 0 Å². The molecule has 0 aliphatic rings. The molecule has 1 unspecified atom stereocenters. The van der Waals surface area contributed by atoms with E-state index in [1.165, 1.54) is 24.8 Å². The maximum atomic E-state index is 4.40. The fraction of sp³-hybridized carbons (Fsp3) is 0.733. The van der Waals surface area contributed by atoms with Crippen LogP contribution in [0.15, 0.2) is 6.33 Å². The van der Waals surface area contributed by atoms with Gasteiger partial charge in [-0.3, -0.25) is 0 Å². The van der Waals surface area contributed by atoms with E-state index in [1.807, 2.05) is 0 Å². The summed E-state index contributed by atoms with van der Waals surface area (Å²) >= 11 is 0. The van der Waals surface area contributed by atoms with Gasteiger partial charge in [-0.25, -0.2) is 9.97 Å². The molecule has 2 N–H and O–H groups in total. The number of hydrogen-bond donors (Lipinski definition) is 2. The predicted octanol–water partition coefficient (Wildman–Crippen LogP) is 3.85. The van der Waals surface area contributed by atoms with Crippen molar-refractivity contribution in [3.8, 4) is 0 Å². The van der Waals surface area contributed by atoms with Gasteiger partial charge in [0.1, 0.15) is 18.0 Å². The van der Waals surface area contributed by atoms with Crippen molar-refractivity contribution in [2.45, 2.75) is 65.8 Å². The number of aromatic nitrogens is 2. The minimum atomic E-state index is 0.458. The van der Waals surface area contributed by atoms with Crippen molar-refractivity contribution in [2.24, 2.45) is 0 Å². The summed E-state index contributed by atoms with van der Waals surface area (Å²) in [4.78, 5) is 8.76. The lowest BCUT2D eigenvalue weighted by molar-refractivity contribution is 0.642. The summed E-state index contributed by atoms with van der Waals surface area (Å²) in [5.41, 5.74) is 1.19. The molecule has 1 heterocycles. The van der Waals surface area contributed by atoms with Gasteiger partial charge in [-0.15, -0.1) is 0 Å². The molecule has 0 spiro atoms. The van der Waals surface area contributed by atoms with Crippen LogP contribution in [-0.2, 0) is 6.42 Å². The zero-order valence-electron chi connectivity index (χ0n) is 12.8. The fourth-order valence-electron chi connectivity index (χ4n) is 2.08. The number of hydrogen-bond acceptors (Lipinski definition) is 4. The van der Waals surface area contributed by atoms with Gasteiger partial charge in [0.25, 0.3) is 0 Å².